The SMILES string of the molecule is CCOc1ccc(NC2=C(c3cccs3)C(=O)N(c3ccc(C)c(C)c3)C2=O)cc1OCC. The number of imide groups is 1. The second-order valence-corrected chi connectivity index (χ2v) is 8.54. The lowest BCUT2D eigenvalue weighted by Gasteiger charge is -2.17. The number of rotatable bonds is 8. The first kappa shape index (κ1) is 22.6. The summed E-state index contributed by atoms with van der Waals surface area (Å²) in [5, 5.41) is 5.08. The van der Waals surface area contributed by atoms with E-state index < -0.39 is 5.91 Å². The van der Waals surface area contributed by atoms with Crippen LogP contribution in [0.1, 0.15) is 29.9 Å². The van der Waals surface area contributed by atoms with Gasteiger partial charge in [-0.15, -0.1) is 11.3 Å². The van der Waals surface area contributed by atoms with Crippen molar-refractivity contribution in [1.29, 1.82) is 0 Å². The highest BCUT2D eigenvalue weighted by Gasteiger charge is 2.40. The molecular weight excluding hydrogens is 436 g/mol. The Hall–Kier alpha value is -3.58. The third kappa shape index (κ3) is 4.36. The Morgan fingerprint density at radius 3 is 2.30 bits per heavy atom. The van der Waals surface area contributed by atoms with E-state index in [0.717, 1.165) is 16.0 Å². The van der Waals surface area contributed by atoms with Crippen molar-refractivity contribution in [1.82, 2.24) is 0 Å². The number of hydrogen-bond donors (Lipinski definition) is 1. The van der Waals surface area contributed by atoms with Crippen LogP contribution in [0.2, 0.25) is 0 Å². The van der Waals surface area contributed by atoms with Crippen molar-refractivity contribution in [3.63, 3.8) is 0 Å². The maximum absolute atomic E-state index is 13.5. The Morgan fingerprint density at radius 1 is 0.879 bits per heavy atom. The Kier molecular flexibility index (Phi) is 6.51. The van der Waals surface area contributed by atoms with Crippen LogP contribution in [0.5, 0.6) is 11.5 Å². The van der Waals surface area contributed by atoms with E-state index in [-0.39, 0.29) is 11.6 Å². The molecule has 3 aromatic rings. The minimum Gasteiger partial charge on any atom is -0.490 e. The second kappa shape index (κ2) is 9.50. The molecule has 0 aliphatic carbocycles. The third-order valence-corrected chi connectivity index (χ3v) is 6.30. The number of amides is 2. The van der Waals surface area contributed by atoms with Gasteiger partial charge in [0.15, 0.2) is 11.5 Å². The summed E-state index contributed by atoms with van der Waals surface area (Å²) in [5.74, 6) is 0.469. The molecule has 33 heavy (non-hydrogen) atoms. The molecular formula is C26H26N2O4S. The van der Waals surface area contributed by atoms with Gasteiger partial charge in [-0.2, -0.15) is 0 Å². The van der Waals surface area contributed by atoms with Crippen LogP contribution in [-0.2, 0) is 9.59 Å². The molecule has 6 nitrogen and oxygen atoms in total. The lowest BCUT2D eigenvalue weighted by Crippen LogP contribution is -2.32. The van der Waals surface area contributed by atoms with E-state index in [4.69, 9.17) is 9.47 Å². The van der Waals surface area contributed by atoms with E-state index in [1.807, 2.05) is 63.4 Å². The summed E-state index contributed by atoms with van der Waals surface area (Å²) in [6.45, 7) is 8.75. The first-order valence-electron chi connectivity index (χ1n) is 10.9. The number of benzene rings is 2. The van der Waals surface area contributed by atoms with Crippen molar-refractivity contribution in [3.8, 4) is 11.5 Å². The van der Waals surface area contributed by atoms with Gasteiger partial charge in [0, 0.05) is 16.6 Å². The molecule has 0 fully saturated rings. The summed E-state index contributed by atoms with van der Waals surface area (Å²) in [7, 11) is 0. The van der Waals surface area contributed by atoms with Gasteiger partial charge in [0.25, 0.3) is 11.8 Å². The van der Waals surface area contributed by atoms with Crippen LogP contribution in [-0.4, -0.2) is 25.0 Å². The van der Waals surface area contributed by atoms with Crippen LogP contribution >= 0.6 is 11.3 Å². The van der Waals surface area contributed by atoms with Crippen molar-refractivity contribution in [2.75, 3.05) is 23.4 Å². The van der Waals surface area contributed by atoms with Crippen LogP contribution < -0.4 is 19.7 Å². The molecule has 7 heteroatoms. The predicted octanol–water partition coefficient (Wildman–Crippen LogP) is 5.56. The lowest BCUT2D eigenvalue weighted by molar-refractivity contribution is -0.120. The van der Waals surface area contributed by atoms with E-state index in [1.54, 1.807) is 18.2 Å². The molecule has 1 aromatic heterocycles. The number of ether oxygens (including phenoxy) is 2. The summed E-state index contributed by atoms with van der Waals surface area (Å²) in [6, 6.07) is 14.7. The number of hydrogen-bond acceptors (Lipinski definition) is 6. The summed E-state index contributed by atoms with van der Waals surface area (Å²) in [5.41, 5.74) is 3.91. The van der Waals surface area contributed by atoms with Gasteiger partial charge in [0.1, 0.15) is 5.70 Å². The highest BCUT2D eigenvalue weighted by atomic mass is 32.1. The molecule has 0 bridgehead atoms. The molecule has 0 atom stereocenters. The Labute approximate surface area is 197 Å². The first-order chi connectivity index (χ1) is 15.9. The number of anilines is 2. The number of carbonyl (C=O) groups is 2. The Morgan fingerprint density at radius 2 is 1.64 bits per heavy atom. The molecule has 4 rings (SSSR count). The van der Waals surface area contributed by atoms with E-state index in [9.17, 15) is 9.59 Å². The summed E-state index contributed by atoms with van der Waals surface area (Å²) in [6.07, 6.45) is 0. The largest absolute Gasteiger partial charge is 0.490 e. The minimum absolute atomic E-state index is 0.243. The number of nitrogens with one attached hydrogen (secondary N) is 1. The van der Waals surface area contributed by atoms with Crippen LogP contribution in [0.4, 0.5) is 11.4 Å². The summed E-state index contributed by atoms with van der Waals surface area (Å²) in [4.78, 5) is 29.0. The van der Waals surface area contributed by atoms with Gasteiger partial charge in [-0.3, -0.25) is 9.59 Å². The number of nitrogens with zero attached hydrogens (tertiary/aromatic N) is 1. The van der Waals surface area contributed by atoms with E-state index in [0.29, 0.717) is 41.7 Å². The molecule has 0 unspecified atom stereocenters. The normalized spacial score (nSPS) is 13.6. The van der Waals surface area contributed by atoms with Gasteiger partial charge in [0.05, 0.1) is 24.5 Å². The van der Waals surface area contributed by atoms with Gasteiger partial charge < -0.3 is 14.8 Å². The maximum Gasteiger partial charge on any atom is 0.282 e. The molecule has 0 saturated carbocycles. The highest BCUT2D eigenvalue weighted by Crippen LogP contribution is 2.37. The summed E-state index contributed by atoms with van der Waals surface area (Å²) < 4.78 is 11.4. The van der Waals surface area contributed by atoms with Crippen molar-refractivity contribution >= 4 is 40.1 Å². The van der Waals surface area contributed by atoms with Crippen molar-refractivity contribution in [3.05, 3.63) is 75.6 Å². The van der Waals surface area contributed by atoms with Gasteiger partial charge >= 0.3 is 0 Å². The second-order valence-electron chi connectivity index (χ2n) is 7.59. The zero-order valence-electron chi connectivity index (χ0n) is 19.1. The van der Waals surface area contributed by atoms with Crippen molar-refractivity contribution in [2.45, 2.75) is 27.7 Å². The van der Waals surface area contributed by atoms with Crippen LogP contribution in [0, 0.1) is 13.8 Å². The first-order valence-corrected chi connectivity index (χ1v) is 11.7. The van der Waals surface area contributed by atoms with Crippen LogP contribution in [0.15, 0.2) is 59.6 Å². The van der Waals surface area contributed by atoms with E-state index in [2.05, 4.69) is 5.32 Å². The molecule has 1 aliphatic rings. The zero-order chi connectivity index (χ0) is 23.5. The zero-order valence-corrected chi connectivity index (χ0v) is 19.9. The average molecular weight is 463 g/mol. The molecule has 170 valence electrons. The Bertz CT molecular complexity index is 1230. The highest BCUT2D eigenvalue weighted by molar-refractivity contribution is 7.11. The predicted molar refractivity (Wildman–Crippen MR) is 132 cm³/mol. The molecule has 2 heterocycles. The fourth-order valence-electron chi connectivity index (χ4n) is 3.67. The quantitative estimate of drug-likeness (QED) is 0.444. The molecule has 0 spiro atoms. The van der Waals surface area contributed by atoms with Gasteiger partial charge in [0.2, 0.25) is 0 Å². The maximum atomic E-state index is 13.5. The standard InChI is InChI=1S/C26H26N2O4S/c1-5-31-20-12-10-18(15-21(20)32-6-2)27-24-23(22-8-7-13-33-22)25(29)28(26(24)30)19-11-9-16(3)17(4)14-19/h7-15,27H,5-6H2,1-4H3. The monoisotopic (exact) mass is 462 g/mol. The minimum atomic E-state index is -0.390. The fraction of sp³-hybridized carbons (Fsp3) is 0.231. The molecule has 0 saturated heterocycles. The number of carbonyl (C=O) groups excluding carboxylic acids is 2. The van der Waals surface area contributed by atoms with Crippen molar-refractivity contribution < 1.29 is 19.1 Å². The van der Waals surface area contributed by atoms with Crippen LogP contribution in [0.3, 0.4) is 0 Å². The van der Waals surface area contributed by atoms with Gasteiger partial charge in [-0.1, -0.05) is 12.1 Å². The molecule has 0 radical (unpaired) electrons. The molecule has 2 amide bonds. The topological polar surface area (TPSA) is 67.9 Å². The third-order valence-electron chi connectivity index (χ3n) is 5.41. The fourth-order valence-corrected chi connectivity index (χ4v) is 4.44. The average Bonchev–Trinajstić information content (AvgIpc) is 3.39. The van der Waals surface area contributed by atoms with Crippen molar-refractivity contribution in [2.24, 2.45) is 0 Å². The summed E-state index contributed by atoms with van der Waals surface area (Å²) >= 11 is 1.42. The molecule has 1 N–H and O–H groups in total. The number of aryl methyl sites for hydroxylation is 2. The van der Waals surface area contributed by atoms with E-state index in [1.165, 1.54) is 16.2 Å². The molecule has 2 aromatic carbocycles. The van der Waals surface area contributed by atoms with Gasteiger partial charge in [-0.05, 0) is 74.5 Å². The Balaban J connectivity index is 1.75. The van der Waals surface area contributed by atoms with E-state index >= 15 is 0 Å². The smallest absolute Gasteiger partial charge is 0.282 e. The van der Waals surface area contributed by atoms with Crippen LogP contribution in [0.25, 0.3) is 5.57 Å². The number of thiophene rings is 1. The lowest BCUT2D eigenvalue weighted by atomic mass is 10.1. The van der Waals surface area contributed by atoms with Gasteiger partial charge in [-0.25, -0.2) is 4.90 Å². The molecule has 1 aliphatic heterocycles.